The molecular formula is C16H14N4. The highest BCUT2D eigenvalue weighted by molar-refractivity contribution is 5.85. The van der Waals surface area contributed by atoms with E-state index in [9.17, 15) is 0 Å². The van der Waals surface area contributed by atoms with E-state index in [1.54, 1.807) is 12.5 Å². The predicted octanol–water partition coefficient (Wildman–Crippen LogP) is 3.32. The third-order valence-electron chi connectivity index (χ3n) is 2.89. The van der Waals surface area contributed by atoms with Gasteiger partial charge in [-0.25, -0.2) is 4.98 Å². The average molecular weight is 262 g/mol. The van der Waals surface area contributed by atoms with E-state index in [1.807, 2.05) is 71.6 Å². The lowest BCUT2D eigenvalue weighted by molar-refractivity contribution is 1.05. The first-order chi connectivity index (χ1) is 9.93. The molecule has 3 rings (SSSR count). The number of hydrazone groups is 1. The molecule has 1 N–H and O–H groups in total. The fraction of sp³-hybridized carbons (Fsp3) is 0. The molecule has 0 fully saturated rings. The van der Waals surface area contributed by atoms with Gasteiger partial charge in [-0.15, -0.1) is 0 Å². The summed E-state index contributed by atoms with van der Waals surface area (Å²) in [6.45, 7) is 0. The first-order valence-electron chi connectivity index (χ1n) is 6.35. The van der Waals surface area contributed by atoms with Gasteiger partial charge >= 0.3 is 0 Å². The molecule has 0 aliphatic carbocycles. The average Bonchev–Trinajstić information content (AvgIpc) is 3.03. The van der Waals surface area contributed by atoms with Gasteiger partial charge in [0.15, 0.2) is 0 Å². The Hall–Kier alpha value is -2.88. The summed E-state index contributed by atoms with van der Waals surface area (Å²) >= 11 is 0. The van der Waals surface area contributed by atoms with Crippen molar-refractivity contribution in [2.75, 3.05) is 5.43 Å². The number of hydrogen-bond donors (Lipinski definition) is 1. The number of aromatic nitrogens is 2. The van der Waals surface area contributed by atoms with Gasteiger partial charge in [0, 0.05) is 18.0 Å². The van der Waals surface area contributed by atoms with Crippen molar-refractivity contribution in [2.45, 2.75) is 0 Å². The van der Waals surface area contributed by atoms with E-state index in [-0.39, 0.29) is 0 Å². The molecule has 4 heteroatoms. The molecule has 0 radical (unpaired) electrons. The van der Waals surface area contributed by atoms with Crippen LogP contribution in [0, 0.1) is 0 Å². The minimum Gasteiger partial charge on any atom is -0.306 e. The highest BCUT2D eigenvalue weighted by Crippen LogP contribution is 2.12. The third kappa shape index (κ3) is 2.75. The Morgan fingerprint density at radius 2 is 1.80 bits per heavy atom. The van der Waals surface area contributed by atoms with E-state index in [0.29, 0.717) is 0 Å². The molecule has 4 nitrogen and oxygen atoms in total. The second-order valence-electron chi connectivity index (χ2n) is 4.26. The van der Waals surface area contributed by atoms with Crippen LogP contribution in [0.25, 0.3) is 5.69 Å². The monoisotopic (exact) mass is 262 g/mol. The van der Waals surface area contributed by atoms with E-state index < -0.39 is 0 Å². The molecule has 98 valence electrons. The SMILES string of the molecule is C(=NNc1ccccc1)c1ccccc1-n1ccnc1. The van der Waals surface area contributed by atoms with Crippen molar-refractivity contribution in [2.24, 2.45) is 5.10 Å². The zero-order valence-electron chi connectivity index (χ0n) is 10.8. The lowest BCUT2D eigenvalue weighted by atomic mass is 10.2. The van der Waals surface area contributed by atoms with E-state index in [2.05, 4.69) is 15.5 Å². The zero-order chi connectivity index (χ0) is 13.6. The molecule has 20 heavy (non-hydrogen) atoms. The summed E-state index contributed by atoms with van der Waals surface area (Å²) in [4.78, 5) is 4.07. The van der Waals surface area contributed by atoms with E-state index in [4.69, 9.17) is 0 Å². The molecule has 0 unspecified atom stereocenters. The lowest BCUT2D eigenvalue weighted by Crippen LogP contribution is -1.97. The minimum absolute atomic E-state index is 0.962. The Bertz CT molecular complexity index is 688. The van der Waals surface area contributed by atoms with Crippen molar-refractivity contribution in [1.82, 2.24) is 9.55 Å². The molecule has 0 amide bonds. The molecule has 0 atom stereocenters. The molecule has 1 heterocycles. The fourth-order valence-corrected chi connectivity index (χ4v) is 1.92. The third-order valence-corrected chi connectivity index (χ3v) is 2.89. The van der Waals surface area contributed by atoms with Gasteiger partial charge in [-0.2, -0.15) is 5.10 Å². The molecule has 0 saturated carbocycles. The molecule has 1 aromatic heterocycles. The second kappa shape index (κ2) is 5.84. The molecule has 0 aliphatic rings. The number of rotatable bonds is 4. The van der Waals surface area contributed by atoms with E-state index in [0.717, 1.165) is 16.9 Å². The van der Waals surface area contributed by atoms with Crippen LogP contribution in [-0.4, -0.2) is 15.8 Å². The van der Waals surface area contributed by atoms with Gasteiger partial charge in [-0.1, -0.05) is 36.4 Å². The number of imidazole rings is 1. The van der Waals surface area contributed by atoms with Crippen molar-refractivity contribution in [1.29, 1.82) is 0 Å². The highest BCUT2D eigenvalue weighted by Gasteiger charge is 2.00. The quantitative estimate of drug-likeness (QED) is 0.579. The van der Waals surface area contributed by atoms with E-state index >= 15 is 0 Å². The van der Waals surface area contributed by atoms with Crippen LogP contribution in [-0.2, 0) is 0 Å². The van der Waals surface area contributed by atoms with Crippen LogP contribution >= 0.6 is 0 Å². The largest absolute Gasteiger partial charge is 0.306 e. The van der Waals surface area contributed by atoms with Crippen molar-refractivity contribution < 1.29 is 0 Å². The normalized spacial score (nSPS) is 10.8. The Morgan fingerprint density at radius 3 is 2.60 bits per heavy atom. The summed E-state index contributed by atoms with van der Waals surface area (Å²) in [5.74, 6) is 0. The molecule has 0 saturated heterocycles. The van der Waals surface area contributed by atoms with Crippen molar-refractivity contribution in [3.63, 3.8) is 0 Å². The van der Waals surface area contributed by atoms with Crippen LogP contribution in [0.15, 0.2) is 78.4 Å². The molecule has 3 aromatic rings. The van der Waals surface area contributed by atoms with Crippen LogP contribution < -0.4 is 5.43 Å². The molecular weight excluding hydrogens is 248 g/mol. The lowest BCUT2D eigenvalue weighted by Gasteiger charge is -2.06. The first kappa shape index (κ1) is 12.2. The number of anilines is 1. The molecule has 2 aromatic carbocycles. The van der Waals surface area contributed by atoms with Crippen LogP contribution in [0.1, 0.15) is 5.56 Å². The van der Waals surface area contributed by atoms with Gasteiger partial charge in [0.2, 0.25) is 0 Å². The standard InChI is InChI=1S/C16H14N4/c1-2-7-15(8-3-1)19-18-12-14-6-4-5-9-16(14)20-11-10-17-13-20/h1-13,19H. The molecule has 0 spiro atoms. The topological polar surface area (TPSA) is 42.2 Å². The maximum absolute atomic E-state index is 4.27. The summed E-state index contributed by atoms with van der Waals surface area (Å²) in [6, 6.07) is 17.9. The summed E-state index contributed by atoms with van der Waals surface area (Å²) in [6.07, 6.45) is 7.26. The Labute approximate surface area is 117 Å². The van der Waals surface area contributed by atoms with Crippen LogP contribution in [0.4, 0.5) is 5.69 Å². The summed E-state index contributed by atoms with van der Waals surface area (Å²) < 4.78 is 1.96. The summed E-state index contributed by atoms with van der Waals surface area (Å²) in [7, 11) is 0. The zero-order valence-corrected chi connectivity index (χ0v) is 10.8. The van der Waals surface area contributed by atoms with E-state index in [1.165, 1.54) is 0 Å². The van der Waals surface area contributed by atoms with Gasteiger partial charge < -0.3 is 4.57 Å². The van der Waals surface area contributed by atoms with Crippen molar-refractivity contribution >= 4 is 11.9 Å². The van der Waals surface area contributed by atoms with Crippen LogP contribution in [0.5, 0.6) is 0 Å². The summed E-state index contributed by atoms with van der Waals surface area (Å²) in [5, 5.41) is 4.27. The first-order valence-corrected chi connectivity index (χ1v) is 6.35. The number of nitrogens with zero attached hydrogens (tertiary/aromatic N) is 3. The molecule has 0 bridgehead atoms. The maximum Gasteiger partial charge on any atom is 0.0991 e. The van der Waals surface area contributed by atoms with Crippen LogP contribution in [0.2, 0.25) is 0 Å². The highest BCUT2D eigenvalue weighted by atomic mass is 15.3. The van der Waals surface area contributed by atoms with Crippen molar-refractivity contribution in [3.05, 3.63) is 78.9 Å². The predicted molar refractivity (Wildman–Crippen MR) is 81.2 cm³/mol. The smallest absolute Gasteiger partial charge is 0.0991 e. The fourth-order valence-electron chi connectivity index (χ4n) is 1.92. The Balaban J connectivity index is 1.81. The van der Waals surface area contributed by atoms with Gasteiger partial charge in [0.25, 0.3) is 0 Å². The van der Waals surface area contributed by atoms with Crippen LogP contribution in [0.3, 0.4) is 0 Å². The van der Waals surface area contributed by atoms with Gasteiger partial charge in [0.1, 0.15) is 0 Å². The maximum atomic E-state index is 4.27. The van der Waals surface area contributed by atoms with Gasteiger partial charge in [0.05, 0.1) is 23.9 Å². The molecule has 0 aliphatic heterocycles. The minimum atomic E-state index is 0.962. The number of nitrogens with one attached hydrogen (secondary N) is 1. The Morgan fingerprint density at radius 1 is 1.00 bits per heavy atom. The van der Waals surface area contributed by atoms with Gasteiger partial charge in [-0.05, 0) is 18.2 Å². The second-order valence-corrected chi connectivity index (χ2v) is 4.26. The van der Waals surface area contributed by atoms with Crippen molar-refractivity contribution in [3.8, 4) is 5.69 Å². The van der Waals surface area contributed by atoms with Gasteiger partial charge in [-0.3, -0.25) is 5.43 Å². The summed E-state index contributed by atoms with van der Waals surface area (Å²) in [5.41, 5.74) is 6.04. The Kier molecular flexibility index (Phi) is 3.55. The number of para-hydroxylation sites is 2. The number of benzene rings is 2. The number of hydrogen-bond acceptors (Lipinski definition) is 3.